The Hall–Kier alpha value is -0.410. The van der Waals surface area contributed by atoms with Crippen LogP contribution in [0.5, 0.6) is 0 Å². The van der Waals surface area contributed by atoms with Crippen LogP contribution in [0.4, 0.5) is 0 Å². The largest absolute Gasteiger partial charge is 0.300 e. The van der Waals surface area contributed by atoms with Gasteiger partial charge in [-0.05, 0) is 32.6 Å². The van der Waals surface area contributed by atoms with Crippen LogP contribution in [0, 0.1) is 11.8 Å². The monoisotopic (exact) mass is 252 g/mol. The first kappa shape index (κ1) is 14.0. The maximum Gasteiger partial charge on any atom is 0.137 e. The van der Waals surface area contributed by atoms with E-state index in [4.69, 9.17) is 0 Å². The molecule has 0 aromatic carbocycles. The van der Waals surface area contributed by atoms with Crippen molar-refractivity contribution in [2.75, 3.05) is 32.7 Å². The fraction of sp³-hybridized carbons (Fsp3) is 0.933. The van der Waals surface area contributed by atoms with Crippen molar-refractivity contribution in [1.82, 2.24) is 9.80 Å². The molecule has 0 radical (unpaired) electrons. The molecule has 3 nitrogen and oxygen atoms in total. The zero-order chi connectivity index (χ0) is 13.1. The molecule has 1 heterocycles. The molecule has 1 saturated carbocycles. The molecule has 3 heteroatoms. The number of rotatable bonds is 3. The van der Waals surface area contributed by atoms with Gasteiger partial charge in [-0.3, -0.25) is 9.69 Å². The van der Waals surface area contributed by atoms with Crippen molar-refractivity contribution in [1.29, 1.82) is 0 Å². The topological polar surface area (TPSA) is 23.6 Å². The lowest BCUT2D eigenvalue weighted by Crippen LogP contribution is -2.50. The average Bonchev–Trinajstić information content (AvgIpc) is 2.34. The molecular weight excluding hydrogens is 224 g/mol. The number of hydrogen-bond acceptors (Lipinski definition) is 3. The molecule has 1 saturated heterocycles. The molecule has 104 valence electrons. The lowest BCUT2D eigenvalue weighted by Gasteiger charge is -2.39. The van der Waals surface area contributed by atoms with Gasteiger partial charge in [-0.15, -0.1) is 0 Å². The highest BCUT2D eigenvalue weighted by molar-refractivity contribution is 5.81. The molecule has 0 aromatic rings. The lowest BCUT2D eigenvalue weighted by molar-refractivity contribution is -0.126. The first-order valence-electron chi connectivity index (χ1n) is 7.55. The van der Waals surface area contributed by atoms with Crippen LogP contribution in [-0.2, 0) is 4.79 Å². The molecule has 0 amide bonds. The number of piperazine rings is 1. The van der Waals surface area contributed by atoms with Crippen LogP contribution in [0.2, 0.25) is 0 Å². The Morgan fingerprint density at radius 2 is 1.89 bits per heavy atom. The van der Waals surface area contributed by atoms with Crippen LogP contribution in [0.1, 0.15) is 40.0 Å². The Bertz CT molecular complexity index is 282. The Morgan fingerprint density at radius 1 is 1.22 bits per heavy atom. The molecule has 0 aromatic heterocycles. The minimum absolute atomic E-state index is 0.319. The van der Waals surface area contributed by atoms with E-state index in [9.17, 15) is 4.79 Å². The minimum Gasteiger partial charge on any atom is -0.300 e. The molecule has 2 atom stereocenters. The lowest BCUT2D eigenvalue weighted by atomic mass is 9.81. The maximum atomic E-state index is 11.9. The predicted octanol–water partition coefficient (Wildman–Crippen LogP) is 2.02. The molecule has 2 fully saturated rings. The summed E-state index contributed by atoms with van der Waals surface area (Å²) in [7, 11) is 0. The van der Waals surface area contributed by atoms with E-state index in [1.165, 1.54) is 0 Å². The summed E-state index contributed by atoms with van der Waals surface area (Å²) in [5.74, 6) is 1.57. The fourth-order valence-electron chi connectivity index (χ4n) is 3.28. The van der Waals surface area contributed by atoms with Gasteiger partial charge >= 0.3 is 0 Å². The van der Waals surface area contributed by atoms with Gasteiger partial charge in [0.05, 0.1) is 0 Å². The Labute approximate surface area is 112 Å². The van der Waals surface area contributed by atoms with E-state index in [2.05, 4.69) is 30.6 Å². The third kappa shape index (κ3) is 3.55. The van der Waals surface area contributed by atoms with Gasteiger partial charge in [-0.1, -0.05) is 6.92 Å². The van der Waals surface area contributed by atoms with Crippen molar-refractivity contribution in [3.05, 3.63) is 0 Å². The van der Waals surface area contributed by atoms with Gasteiger partial charge in [-0.2, -0.15) is 0 Å². The summed E-state index contributed by atoms with van der Waals surface area (Å²) in [5, 5.41) is 0. The highest BCUT2D eigenvalue weighted by atomic mass is 16.1. The summed E-state index contributed by atoms with van der Waals surface area (Å²) in [6, 6.07) is 0.656. The van der Waals surface area contributed by atoms with E-state index in [1.807, 2.05) is 0 Å². The highest BCUT2D eigenvalue weighted by Crippen LogP contribution is 2.26. The number of carbonyl (C=O) groups excluding carboxylic acids is 1. The molecule has 2 rings (SSSR count). The number of carbonyl (C=O) groups is 1. The summed E-state index contributed by atoms with van der Waals surface area (Å²) < 4.78 is 0. The van der Waals surface area contributed by atoms with Gasteiger partial charge in [0.25, 0.3) is 0 Å². The van der Waals surface area contributed by atoms with Crippen LogP contribution in [0.15, 0.2) is 0 Å². The van der Waals surface area contributed by atoms with Crippen molar-refractivity contribution in [3.63, 3.8) is 0 Å². The number of ketones is 1. The van der Waals surface area contributed by atoms with Crippen LogP contribution in [-0.4, -0.2) is 54.3 Å². The van der Waals surface area contributed by atoms with Gasteiger partial charge < -0.3 is 4.90 Å². The van der Waals surface area contributed by atoms with E-state index in [0.29, 0.717) is 17.7 Å². The molecule has 0 bridgehead atoms. The smallest absolute Gasteiger partial charge is 0.137 e. The Kier molecular flexibility index (Phi) is 4.79. The first-order chi connectivity index (χ1) is 8.56. The van der Waals surface area contributed by atoms with Gasteiger partial charge in [0.15, 0.2) is 0 Å². The van der Waals surface area contributed by atoms with Crippen LogP contribution in [0.3, 0.4) is 0 Å². The van der Waals surface area contributed by atoms with Gasteiger partial charge in [0.1, 0.15) is 5.78 Å². The Balaban J connectivity index is 1.78. The van der Waals surface area contributed by atoms with E-state index in [0.717, 1.165) is 57.9 Å². The van der Waals surface area contributed by atoms with E-state index < -0.39 is 0 Å². The van der Waals surface area contributed by atoms with Crippen molar-refractivity contribution in [3.8, 4) is 0 Å². The van der Waals surface area contributed by atoms with Crippen LogP contribution < -0.4 is 0 Å². The van der Waals surface area contributed by atoms with Crippen molar-refractivity contribution in [2.24, 2.45) is 11.8 Å². The van der Waals surface area contributed by atoms with E-state index in [-0.39, 0.29) is 0 Å². The van der Waals surface area contributed by atoms with Crippen molar-refractivity contribution >= 4 is 5.78 Å². The van der Waals surface area contributed by atoms with Gasteiger partial charge in [0, 0.05) is 51.1 Å². The minimum atomic E-state index is 0.319. The van der Waals surface area contributed by atoms with E-state index >= 15 is 0 Å². The summed E-state index contributed by atoms with van der Waals surface area (Å²) in [6.45, 7) is 12.4. The highest BCUT2D eigenvalue weighted by Gasteiger charge is 2.29. The molecular formula is C15H28N2O. The standard InChI is InChI=1S/C15H28N2O/c1-12(2)17-8-6-16(7-9-17)11-14-10-13(3)4-5-15(14)18/h12-14H,4-11H2,1-3H3. The van der Waals surface area contributed by atoms with Gasteiger partial charge in [-0.25, -0.2) is 0 Å². The molecule has 2 unspecified atom stereocenters. The molecule has 1 aliphatic heterocycles. The fourth-order valence-corrected chi connectivity index (χ4v) is 3.28. The van der Waals surface area contributed by atoms with Crippen LogP contribution >= 0.6 is 0 Å². The third-order valence-corrected chi connectivity index (χ3v) is 4.64. The second-order valence-electron chi connectivity index (χ2n) is 6.47. The Morgan fingerprint density at radius 3 is 2.50 bits per heavy atom. The van der Waals surface area contributed by atoms with Gasteiger partial charge in [0.2, 0.25) is 0 Å². The zero-order valence-electron chi connectivity index (χ0n) is 12.2. The summed E-state index contributed by atoms with van der Waals surface area (Å²) in [5.41, 5.74) is 0. The predicted molar refractivity (Wildman–Crippen MR) is 74.7 cm³/mol. The summed E-state index contributed by atoms with van der Waals surface area (Å²) >= 11 is 0. The number of hydrogen-bond donors (Lipinski definition) is 0. The normalized spacial score (nSPS) is 32.1. The quantitative estimate of drug-likeness (QED) is 0.768. The van der Waals surface area contributed by atoms with Crippen LogP contribution in [0.25, 0.3) is 0 Å². The average molecular weight is 252 g/mol. The molecule has 1 aliphatic carbocycles. The number of Topliss-reactive ketones (excluding diaryl/α,β-unsaturated/α-hetero) is 1. The molecule has 0 spiro atoms. The molecule has 0 N–H and O–H groups in total. The number of nitrogens with zero attached hydrogens (tertiary/aromatic N) is 2. The molecule has 18 heavy (non-hydrogen) atoms. The maximum absolute atomic E-state index is 11.9. The zero-order valence-corrected chi connectivity index (χ0v) is 12.2. The summed E-state index contributed by atoms with van der Waals surface area (Å²) in [6.07, 6.45) is 3.04. The second-order valence-corrected chi connectivity index (χ2v) is 6.47. The SMILES string of the molecule is CC1CCC(=O)C(CN2CCN(C(C)C)CC2)C1. The third-order valence-electron chi connectivity index (χ3n) is 4.64. The van der Waals surface area contributed by atoms with Crippen molar-refractivity contribution in [2.45, 2.75) is 46.1 Å². The molecule has 2 aliphatic rings. The summed E-state index contributed by atoms with van der Waals surface area (Å²) in [4.78, 5) is 17.0. The van der Waals surface area contributed by atoms with Crippen molar-refractivity contribution < 1.29 is 4.79 Å². The second kappa shape index (κ2) is 6.16. The van der Waals surface area contributed by atoms with E-state index in [1.54, 1.807) is 0 Å². The first-order valence-corrected chi connectivity index (χ1v) is 7.55.